The maximum atomic E-state index is 10.2. The van der Waals surface area contributed by atoms with Crippen LogP contribution in [-0.2, 0) is 0 Å². The van der Waals surface area contributed by atoms with Gasteiger partial charge in [-0.1, -0.05) is 0 Å². The van der Waals surface area contributed by atoms with Gasteiger partial charge in [-0.05, 0) is 0 Å². The Bertz CT molecular complexity index is 262. The average Bonchev–Trinajstić information content (AvgIpc) is 1.88. The van der Waals surface area contributed by atoms with Gasteiger partial charge in [-0.2, -0.15) is 0 Å². The van der Waals surface area contributed by atoms with E-state index in [4.69, 9.17) is 0 Å². The fraction of sp³-hybridized carbons (Fsp3) is 0. The van der Waals surface area contributed by atoms with Crippen molar-refractivity contribution in [2.24, 2.45) is 0 Å². The molecule has 1 aromatic carbocycles. The minimum atomic E-state index is -0.381. The number of nitrogens with zero attached hydrogens (tertiary/aromatic N) is 1. The molecule has 0 unspecified atom stereocenters. The van der Waals surface area contributed by atoms with Gasteiger partial charge in [-0.25, -0.2) is 0 Å². The van der Waals surface area contributed by atoms with E-state index in [9.17, 15) is 10.1 Å². The second-order valence-corrected chi connectivity index (χ2v) is 3.46. The molecule has 1 rings (SSSR count). The van der Waals surface area contributed by atoms with E-state index in [0.29, 0.717) is 0 Å². The molecule has 0 bridgehead atoms. The van der Waals surface area contributed by atoms with Gasteiger partial charge in [0.15, 0.2) is 0 Å². The zero-order valence-electron chi connectivity index (χ0n) is 5.07. The van der Waals surface area contributed by atoms with Gasteiger partial charge in [0, 0.05) is 0 Å². The fourth-order valence-electron chi connectivity index (χ4n) is 0.619. The van der Waals surface area contributed by atoms with Gasteiger partial charge in [0.25, 0.3) is 0 Å². The van der Waals surface area contributed by atoms with Crippen LogP contribution in [0.1, 0.15) is 0 Å². The molecule has 0 saturated heterocycles. The standard InChI is InChI=1S/C6H4NO2.Sn/c8-7(9)6-4-2-1-3-5-6;/h1-2,4-5H;. The van der Waals surface area contributed by atoms with Crippen molar-refractivity contribution in [3.63, 3.8) is 0 Å². The summed E-state index contributed by atoms with van der Waals surface area (Å²) in [7, 11) is 0. The van der Waals surface area contributed by atoms with E-state index in [1.165, 1.54) is 28.6 Å². The Hall–Kier alpha value is -0.581. The van der Waals surface area contributed by atoms with Crippen LogP contribution in [0.2, 0.25) is 0 Å². The van der Waals surface area contributed by atoms with Crippen LogP contribution in [0.3, 0.4) is 0 Å². The molecule has 0 aliphatic carbocycles. The van der Waals surface area contributed by atoms with Crippen molar-refractivity contribution in [1.29, 1.82) is 0 Å². The van der Waals surface area contributed by atoms with Crippen LogP contribution < -0.4 is 3.58 Å². The summed E-state index contributed by atoms with van der Waals surface area (Å²) in [5.74, 6) is 0. The Morgan fingerprint density at radius 2 is 2.20 bits per heavy atom. The number of benzene rings is 1. The van der Waals surface area contributed by atoms with E-state index in [2.05, 4.69) is 0 Å². The van der Waals surface area contributed by atoms with Gasteiger partial charge in [0.1, 0.15) is 0 Å². The zero-order chi connectivity index (χ0) is 7.56. The van der Waals surface area contributed by atoms with Gasteiger partial charge in [0.2, 0.25) is 0 Å². The third kappa shape index (κ3) is 1.70. The zero-order valence-corrected chi connectivity index (χ0v) is 7.93. The maximum absolute atomic E-state index is 10.2. The molecule has 0 heterocycles. The Balaban J connectivity index is 3.07. The fourth-order valence-corrected chi connectivity index (χ4v) is 1.32. The van der Waals surface area contributed by atoms with E-state index < -0.39 is 0 Å². The first kappa shape index (κ1) is 7.52. The van der Waals surface area contributed by atoms with E-state index in [0.717, 1.165) is 3.58 Å². The summed E-state index contributed by atoms with van der Waals surface area (Å²) in [4.78, 5) is 9.79. The molecule has 0 aliphatic heterocycles. The molecule has 3 radical (unpaired) electrons. The first-order valence-electron chi connectivity index (χ1n) is 2.66. The Kier molecular flexibility index (Phi) is 2.26. The van der Waals surface area contributed by atoms with Gasteiger partial charge < -0.3 is 0 Å². The summed E-state index contributed by atoms with van der Waals surface area (Å²) in [6.07, 6.45) is 0. The summed E-state index contributed by atoms with van der Waals surface area (Å²) in [6.45, 7) is 0. The van der Waals surface area contributed by atoms with Crippen LogP contribution in [0.5, 0.6) is 0 Å². The molecule has 49 valence electrons. The molecule has 0 amide bonds. The van der Waals surface area contributed by atoms with Gasteiger partial charge in [-0.15, -0.1) is 0 Å². The Morgan fingerprint density at radius 1 is 1.50 bits per heavy atom. The predicted molar refractivity (Wildman–Crippen MR) is 38.5 cm³/mol. The van der Waals surface area contributed by atoms with E-state index >= 15 is 0 Å². The number of nitro benzene ring substituents is 1. The predicted octanol–water partition coefficient (Wildman–Crippen LogP) is 0.389. The first-order chi connectivity index (χ1) is 4.70. The molecule has 1 aromatic rings. The molecule has 10 heavy (non-hydrogen) atoms. The van der Waals surface area contributed by atoms with Crippen LogP contribution in [0.25, 0.3) is 0 Å². The Morgan fingerprint density at radius 3 is 2.60 bits per heavy atom. The molecule has 0 aromatic heterocycles. The van der Waals surface area contributed by atoms with Crippen LogP contribution in [0.4, 0.5) is 5.69 Å². The quantitative estimate of drug-likeness (QED) is 0.405. The number of rotatable bonds is 1. The minimum absolute atomic E-state index is 0.175. The van der Waals surface area contributed by atoms with Gasteiger partial charge in [-0.3, -0.25) is 0 Å². The third-order valence-corrected chi connectivity index (χ3v) is 1.94. The van der Waals surface area contributed by atoms with E-state index in [-0.39, 0.29) is 10.6 Å². The number of nitro groups is 1. The van der Waals surface area contributed by atoms with Crippen molar-refractivity contribution < 1.29 is 4.92 Å². The second-order valence-electron chi connectivity index (χ2n) is 1.81. The van der Waals surface area contributed by atoms with Crippen molar-refractivity contribution >= 4 is 31.8 Å². The van der Waals surface area contributed by atoms with Crippen LogP contribution in [-0.4, -0.2) is 27.4 Å². The molecule has 0 aliphatic rings. The summed E-state index contributed by atoms with van der Waals surface area (Å²) in [5, 5.41) is 10.2. The molecular formula is C6H4NO2Sn. The van der Waals surface area contributed by atoms with Crippen molar-refractivity contribution in [3.8, 4) is 0 Å². The average molecular weight is 241 g/mol. The van der Waals surface area contributed by atoms with E-state index in [1.54, 1.807) is 12.1 Å². The SMILES string of the molecule is O=[N+]([O-])c1ccc[c]([Sn])c1. The summed E-state index contributed by atoms with van der Waals surface area (Å²) >= 11 is 1.20. The number of hydrogen-bond acceptors (Lipinski definition) is 2. The summed E-state index contributed by atoms with van der Waals surface area (Å²) in [5.41, 5.74) is 0.175. The van der Waals surface area contributed by atoms with Crippen molar-refractivity contribution in [2.45, 2.75) is 0 Å². The first-order valence-corrected chi connectivity index (χ1v) is 4.09. The number of hydrogen-bond donors (Lipinski definition) is 0. The topological polar surface area (TPSA) is 43.1 Å². The Labute approximate surface area is 71.3 Å². The molecule has 0 fully saturated rings. The molecule has 3 nitrogen and oxygen atoms in total. The van der Waals surface area contributed by atoms with Crippen molar-refractivity contribution in [2.75, 3.05) is 0 Å². The van der Waals surface area contributed by atoms with E-state index in [1.807, 2.05) is 6.07 Å². The second kappa shape index (κ2) is 3.00. The molecule has 0 saturated carbocycles. The summed E-state index contributed by atoms with van der Waals surface area (Å²) < 4.78 is 1.00. The van der Waals surface area contributed by atoms with Crippen molar-refractivity contribution in [3.05, 3.63) is 34.4 Å². The monoisotopic (exact) mass is 242 g/mol. The molecule has 0 N–H and O–H groups in total. The van der Waals surface area contributed by atoms with Gasteiger partial charge >= 0.3 is 71.1 Å². The summed E-state index contributed by atoms with van der Waals surface area (Å²) in [6, 6.07) is 6.64. The van der Waals surface area contributed by atoms with Crippen LogP contribution >= 0.6 is 0 Å². The normalized spacial score (nSPS) is 9.30. The molecule has 0 spiro atoms. The molecule has 4 heteroatoms. The van der Waals surface area contributed by atoms with Crippen molar-refractivity contribution in [1.82, 2.24) is 0 Å². The molecular weight excluding hydrogens is 237 g/mol. The van der Waals surface area contributed by atoms with Gasteiger partial charge in [0.05, 0.1) is 0 Å². The third-order valence-electron chi connectivity index (χ3n) is 1.06. The van der Waals surface area contributed by atoms with Crippen LogP contribution in [0.15, 0.2) is 24.3 Å². The number of non-ortho nitro benzene ring substituents is 1. The van der Waals surface area contributed by atoms with Crippen LogP contribution in [0, 0.1) is 10.1 Å². The molecule has 0 atom stereocenters.